The lowest BCUT2D eigenvalue weighted by molar-refractivity contribution is 0.590. The van der Waals surface area contributed by atoms with E-state index in [1.165, 1.54) is 263 Å². The molecule has 0 unspecified atom stereocenters. The molecule has 0 radical (unpaired) electrons. The van der Waals surface area contributed by atoms with Crippen LogP contribution in [0.5, 0.6) is 0 Å². The lowest BCUT2D eigenvalue weighted by Crippen LogP contribution is -2.37. The Morgan fingerprint density at radius 2 is 0.399 bits per heavy atom. The lowest BCUT2D eigenvalue weighted by Gasteiger charge is -2.30. The predicted molar refractivity (Wildman–Crippen MR) is 649 cm³/mol. The highest BCUT2D eigenvalue weighted by molar-refractivity contribution is 6.89. The first-order valence-corrected chi connectivity index (χ1v) is 59.5. The van der Waals surface area contributed by atoms with Gasteiger partial charge in [-0.2, -0.15) is 0 Å². The minimum atomic E-state index is -1.46. The van der Waals surface area contributed by atoms with Crippen molar-refractivity contribution in [3.63, 3.8) is 0 Å². The molecule has 0 fully saturated rings. The molecule has 0 saturated heterocycles. The average Bonchev–Trinajstić information content (AvgIpc) is 1.42. The van der Waals surface area contributed by atoms with Crippen LogP contribution in [0.1, 0.15) is 86.1 Å². The second kappa shape index (κ2) is 35.2. The van der Waals surface area contributed by atoms with Crippen LogP contribution >= 0.6 is 0 Å². The Kier molecular flexibility index (Phi) is 22.1. The second-order valence-corrected chi connectivity index (χ2v) is 55.5. The highest BCUT2D eigenvalue weighted by Gasteiger charge is 2.33. The van der Waals surface area contributed by atoms with Gasteiger partial charge in [0.2, 0.25) is 0 Å². The molecule has 6 nitrogen and oxygen atoms in total. The summed E-state index contributed by atoms with van der Waals surface area (Å²) in [6.07, 6.45) is 0. The summed E-state index contributed by atoms with van der Waals surface area (Å²) in [5.41, 5.74) is 32.4. The van der Waals surface area contributed by atoms with Gasteiger partial charge < -0.3 is 28.4 Å². The zero-order valence-electron chi connectivity index (χ0n) is 87.9. The number of benzene rings is 24. The van der Waals surface area contributed by atoms with Crippen molar-refractivity contribution in [2.24, 2.45) is 0 Å². The van der Waals surface area contributed by atoms with E-state index in [4.69, 9.17) is 0 Å². The average molecular weight is 1940 g/mol. The van der Waals surface area contributed by atoms with Crippen LogP contribution in [-0.4, -0.2) is 29.8 Å². The maximum Gasteiger partial charge on any atom is 0.0775 e. The van der Waals surface area contributed by atoms with E-state index in [1.807, 2.05) is 0 Å². The normalized spacial score (nSPS) is 12.4. The first-order valence-electron chi connectivity index (χ1n) is 52.5. The lowest BCUT2D eigenvalue weighted by atomic mass is 9.86. The van der Waals surface area contributed by atoms with Gasteiger partial charge in [-0.25, -0.2) is 0 Å². The van der Waals surface area contributed by atoms with Crippen molar-refractivity contribution in [3.8, 4) is 17.1 Å². The van der Waals surface area contributed by atoms with Gasteiger partial charge in [-0.3, -0.25) is 0 Å². The Balaban J connectivity index is 0.000000116. The predicted octanol–water partition coefficient (Wildman–Crippen LogP) is 39.0. The van der Waals surface area contributed by atoms with Gasteiger partial charge in [0.15, 0.2) is 0 Å². The molecule has 0 aliphatic heterocycles. The maximum absolute atomic E-state index is 2.50. The monoisotopic (exact) mass is 1940 g/mol. The number of fused-ring (bicyclic) bond motifs is 12. The Morgan fingerprint density at radius 3 is 0.655 bits per heavy atom. The summed E-state index contributed by atoms with van der Waals surface area (Å²) in [5.74, 6) is 0. The van der Waals surface area contributed by atoms with Crippen molar-refractivity contribution in [1.29, 1.82) is 0 Å². The quantitative estimate of drug-likeness (QED) is 0.0801. The van der Waals surface area contributed by atoms with E-state index in [-0.39, 0.29) is 10.8 Å². The number of anilines is 9. The van der Waals surface area contributed by atoms with Gasteiger partial charge in [0.1, 0.15) is 0 Å². The minimum absolute atomic E-state index is 0.0775. The highest BCUT2D eigenvalue weighted by atomic mass is 28.3. The number of hydrogen-bond donors (Lipinski definition) is 0. The summed E-state index contributed by atoms with van der Waals surface area (Å²) >= 11 is 0. The molecule has 720 valence electrons. The SMILES string of the molecule is Cc1cc(N(c2ccc(C(C)(C)C)cc2)c2ccc(C(C)(C)C)cc2)c2ccc3c(C)c4c(c5ccc1c2c35)c1ccccc1n4-c1ccccc1.Cc1cc(N(c2ccc([Si](C)(C)C)cc2)c2ccc([Si](C)(C)C)cc2)c2ccc3c(C)c4c(c5ccc1c2c35)c1ccccc1n4-c1ccccc1.Cc1cc(N(c2ccccc2)c2ccccc2)c2ccc3c(C)c4c(c5ccc1c2c35)c1ccccc1n4-c1ccccc1. The van der Waals surface area contributed by atoms with E-state index in [2.05, 4.69) is 563 Å². The Labute approximate surface area is 869 Å². The van der Waals surface area contributed by atoms with Crippen LogP contribution in [0.25, 0.3) is 179 Å². The van der Waals surface area contributed by atoms with E-state index in [1.54, 1.807) is 0 Å². The van der Waals surface area contributed by atoms with Gasteiger partial charge in [-0.15, -0.1) is 0 Å². The summed E-state index contributed by atoms with van der Waals surface area (Å²) in [7, 11) is -2.92. The first kappa shape index (κ1) is 92.7. The zero-order valence-corrected chi connectivity index (χ0v) is 89.9. The Bertz CT molecular complexity index is 9340. The number of aryl methyl sites for hydroxylation is 6. The van der Waals surface area contributed by atoms with Crippen LogP contribution in [0.15, 0.2) is 413 Å². The van der Waals surface area contributed by atoms with E-state index >= 15 is 0 Å². The molecule has 3 heterocycles. The largest absolute Gasteiger partial charge is 0.310 e. The molecule has 3 aromatic heterocycles. The van der Waals surface area contributed by atoms with Crippen LogP contribution in [0, 0.1) is 41.5 Å². The van der Waals surface area contributed by atoms with Gasteiger partial charge in [0, 0.05) is 99.7 Å². The molecule has 0 bridgehead atoms. The first-order chi connectivity index (χ1) is 71.5. The maximum atomic E-state index is 2.50. The molecule has 0 saturated carbocycles. The molecule has 0 aliphatic rings. The molecule has 27 rings (SSSR count). The fourth-order valence-corrected chi connectivity index (χ4v) is 27.0. The van der Waals surface area contributed by atoms with Gasteiger partial charge in [0.05, 0.1) is 66.3 Å². The molecule has 24 aromatic carbocycles. The molecule has 0 aliphatic carbocycles. The summed E-state index contributed by atoms with van der Waals surface area (Å²) in [6, 6.07) is 154. The van der Waals surface area contributed by atoms with Crippen LogP contribution in [0.4, 0.5) is 51.2 Å². The second-order valence-electron chi connectivity index (χ2n) is 45.3. The standard InChI is InChI=1S/C50H46N2.C48H46N2Si2.C42H30N2/c1-31-30-44(51(36-22-18-33(19-23-36)49(3,4)5)37-24-20-34(21-25-37)50(6,7)8)41-28-27-39-32(2)48-47(42-29-26-38(31)45(41)46(39)42)40-16-12-13-17-43(40)52(48)35-14-10-9-11-15-35;1-31-30-44(49(34-18-22-36(23-19-34)51(3,4)5)35-20-24-37(25-21-35)52(6,7)8)41-28-27-39-32(2)48-47(42-29-26-38(31)45(41)46(39)42)40-16-12-13-17-43(40)50(48)33-14-10-9-11-15-33;1-27-26-38(43(29-14-6-3-7-15-29)30-16-8-4-9-17-30)35-24-23-33-28(2)42-41(36-25-22-32(27)39(35)40(33)36)34-20-12-13-21-37(34)44(42)31-18-10-5-11-19-31/h2*9-30H,1-8H3;3-26H,1-2H3. The highest BCUT2D eigenvalue weighted by Crippen LogP contribution is 2.56. The van der Waals surface area contributed by atoms with E-state index in [0.29, 0.717) is 0 Å². The third-order valence-electron chi connectivity index (χ3n) is 32.1. The zero-order chi connectivity index (χ0) is 102. The molecular weight excluding hydrogens is 1820 g/mol. The molecule has 8 heteroatoms. The van der Waals surface area contributed by atoms with Crippen molar-refractivity contribution >= 4 is 240 Å². The minimum Gasteiger partial charge on any atom is -0.310 e. The molecule has 0 atom stereocenters. The summed E-state index contributed by atoms with van der Waals surface area (Å²) < 4.78 is 7.40. The number of para-hydroxylation sites is 8. The van der Waals surface area contributed by atoms with E-state index in [9.17, 15) is 0 Å². The smallest absolute Gasteiger partial charge is 0.0775 e. The topological polar surface area (TPSA) is 24.5 Å². The van der Waals surface area contributed by atoms with Crippen LogP contribution in [-0.2, 0) is 10.8 Å². The molecule has 0 spiro atoms. The summed E-state index contributed by atoms with van der Waals surface area (Å²) in [4.78, 5) is 7.38. The number of rotatable bonds is 14. The van der Waals surface area contributed by atoms with Crippen molar-refractivity contribution in [3.05, 3.63) is 457 Å². The molecule has 148 heavy (non-hydrogen) atoms. The fourth-order valence-electron chi connectivity index (χ4n) is 24.7. The van der Waals surface area contributed by atoms with E-state index < -0.39 is 16.1 Å². The molecular formula is C140H122N6Si2. The van der Waals surface area contributed by atoms with Crippen LogP contribution < -0.4 is 25.1 Å². The van der Waals surface area contributed by atoms with Crippen molar-refractivity contribution in [1.82, 2.24) is 13.7 Å². The summed E-state index contributed by atoms with van der Waals surface area (Å²) in [6.45, 7) is 42.0. The fraction of sp³-hybridized carbons (Fsp3) is 0.143. The third kappa shape index (κ3) is 15.0. The van der Waals surface area contributed by atoms with E-state index in [0.717, 1.165) is 22.7 Å². The molecule has 0 amide bonds. The van der Waals surface area contributed by atoms with Crippen LogP contribution in [0.2, 0.25) is 39.3 Å². The molecule has 27 aromatic rings. The Hall–Kier alpha value is -16.4. The van der Waals surface area contributed by atoms with Gasteiger partial charge >= 0.3 is 0 Å². The number of nitrogens with zero attached hydrogens (tertiary/aromatic N) is 6. The number of hydrogen-bond acceptors (Lipinski definition) is 3. The third-order valence-corrected chi connectivity index (χ3v) is 36.2. The van der Waals surface area contributed by atoms with Gasteiger partial charge in [-0.05, 0) is 323 Å². The Morgan fingerprint density at radius 1 is 0.189 bits per heavy atom. The van der Waals surface area contributed by atoms with Crippen molar-refractivity contribution < 1.29 is 0 Å². The van der Waals surface area contributed by atoms with Gasteiger partial charge in [0.25, 0.3) is 0 Å². The van der Waals surface area contributed by atoms with Crippen molar-refractivity contribution in [2.75, 3.05) is 14.7 Å². The number of aromatic nitrogens is 3. The van der Waals surface area contributed by atoms with Crippen LogP contribution in [0.3, 0.4) is 0 Å². The van der Waals surface area contributed by atoms with Crippen molar-refractivity contribution in [2.45, 2.75) is 133 Å². The summed E-state index contributed by atoms with van der Waals surface area (Å²) in [5, 5.41) is 34.6. The molecule has 0 N–H and O–H groups in total. The van der Waals surface area contributed by atoms with Gasteiger partial charge in [-0.1, -0.05) is 358 Å².